The molecule has 0 spiro atoms. The van der Waals surface area contributed by atoms with Gasteiger partial charge in [-0.05, 0) is 12.5 Å². The van der Waals surface area contributed by atoms with Crippen molar-refractivity contribution < 1.29 is 8.42 Å². The monoisotopic (exact) mass is 257 g/mol. The molecule has 8 heteroatoms. The third kappa shape index (κ3) is 2.64. The molecule has 1 aromatic heterocycles. The molecule has 1 unspecified atom stereocenters. The van der Waals surface area contributed by atoms with E-state index in [-0.39, 0.29) is 17.5 Å². The van der Waals surface area contributed by atoms with Crippen LogP contribution in [0.2, 0.25) is 0 Å². The smallest absolute Gasteiger partial charge is 0.239 e. The topological polar surface area (TPSA) is 101 Å². The summed E-state index contributed by atoms with van der Waals surface area (Å²) >= 11 is 0. The van der Waals surface area contributed by atoms with E-state index in [1.165, 1.54) is 0 Å². The minimum Gasteiger partial charge on any atom is -0.355 e. The molecule has 1 aliphatic rings. The normalized spacial score (nSPS) is 22.4. The number of hydrogen-bond donors (Lipinski definition) is 2. The molecule has 2 heterocycles. The highest BCUT2D eigenvalue weighted by molar-refractivity contribution is 7.91. The Morgan fingerprint density at radius 2 is 2.35 bits per heavy atom. The predicted octanol–water partition coefficient (Wildman–Crippen LogP) is -0.614. The minimum absolute atomic E-state index is 0.0273. The van der Waals surface area contributed by atoms with Crippen molar-refractivity contribution in [2.45, 2.75) is 12.5 Å². The van der Waals surface area contributed by atoms with Gasteiger partial charge in [-0.1, -0.05) is 0 Å². The number of nitrogens with zero attached hydrogens (tertiary/aromatic N) is 3. The molecule has 7 nitrogen and oxygen atoms in total. The first-order valence-electron chi connectivity index (χ1n) is 5.25. The van der Waals surface area contributed by atoms with Crippen molar-refractivity contribution in [1.82, 2.24) is 9.97 Å². The van der Waals surface area contributed by atoms with Crippen LogP contribution in [-0.2, 0) is 9.84 Å². The van der Waals surface area contributed by atoms with Gasteiger partial charge in [-0.25, -0.2) is 19.2 Å². The standard InChI is InChI=1S/C9H15N5O2S/c1-14(7-3-5-17(15,16)6-7)8-2-4-11-9(12-8)13-10/h2,4,7H,3,5-6,10H2,1H3,(H,11,12,13). The molecule has 94 valence electrons. The quantitative estimate of drug-likeness (QED) is 0.550. The second-order valence-electron chi connectivity index (χ2n) is 4.05. The van der Waals surface area contributed by atoms with Gasteiger partial charge in [0, 0.05) is 19.3 Å². The van der Waals surface area contributed by atoms with Crippen molar-refractivity contribution >= 4 is 21.6 Å². The van der Waals surface area contributed by atoms with Crippen LogP contribution in [0.1, 0.15) is 6.42 Å². The van der Waals surface area contributed by atoms with Crippen molar-refractivity contribution in [3.8, 4) is 0 Å². The number of sulfone groups is 1. The van der Waals surface area contributed by atoms with Crippen LogP contribution in [0, 0.1) is 0 Å². The number of nitrogens with two attached hydrogens (primary N) is 1. The fourth-order valence-corrected chi connectivity index (χ4v) is 3.66. The molecule has 0 aliphatic carbocycles. The van der Waals surface area contributed by atoms with Gasteiger partial charge in [0.1, 0.15) is 5.82 Å². The molecule has 0 bridgehead atoms. The molecule has 0 aromatic carbocycles. The van der Waals surface area contributed by atoms with Crippen LogP contribution < -0.4 is 16.2 Å². The van der Waals surface area contributed by atoms with E-state index >= 15 is 0 Å². The van der Waals surface area contributed by atoms with Gasteiger partial charge in [-0.2, -0.15) is 4.98 Å². The molecule has 2 rings (SSSR count). The van der Waals surface area contributed by atoms with E-state index < -0.39 is 9.84 Å². The van der Waals surface area contributed by atoms with Crippen molar-refractivity contribution in [3.63, 3.8) is 0 Å². The minimum atomic E-state index is -2.89. The molecular formula is C9H15N5O2S. The maximum absolute atomic E-state index is 11.4. The highest BCUT2D eigenvalue weighted by Crippen LogP contribution is 2.21. The average Bonchev–Trinajstić information content (AvgIpc) is 2.69. The lowest BCUT2D eigenvalue weighted by Gasteiger charge is -2.24. The fraction of sp³-hybridized carbons (Fsp3) is 0.556. The van der Waals surface area contributed by atoms with Crippen molar-refractivity contribution in [1.29, 1.82) is 0 Å². The Kier molecular flexibility index (Phi) is 3.16. The van der Waals surface area contributed by atoms with Crippen LogP contribution in [0.5, 0.6) is 0 Å². The number of hydrogen-bond acceptors (Lipinski definition) is 7. The molecule has 0 radical (unpaired) electrons. The van der Waals surface area contributed by atoms with Gasteiger partial charge in [0.05, 0.1) is 11.5 Å². The molecule has 17 heavy (non-hydrogen) atoms. The zero-order chi connectivity index (χ0) is 12.5. The fourth-order valence-electron chi connectivity index (χ4n) is 1.88. The Bertz CT molecular complexity index is 504. The van der Waals surface area contributed by atoms with Gasteiger partial charge in [-0.3, -0.25) is 5.43 Å². The molecule has 1 fully saturated rings. The molecule has 1 aromatic rings. The van der Waals surface area contributed by atoms with Gasteiger partial charge < -0.3 is 4.90 Å². The third-order valence-electron chi connectivity index (χ3n) is 2.89. The second kappa shape index (κ2) is 4.46. The largest absolute Gasteiger partial charge is 0.355 e. The summed E-state index contributed by atoms with van der Waals surface area (Å²) < 4.78 is 22.8. The van der Waals surface area contributed by atoms with Gasteiger partial charge in [0.2, 0.25) is 5.95 Å². The molecule has 0 amide bonds. The Labute approximate surface area is 99.9 Å². The number of nitrogen functional groups attached to an aromatic ring is 1. The van der Waals surface area contributed by atoms with E-state index in [2.05, 4.69) is 15.4 Å². The molecule has 1 atom stereocenters. The lowest BCUT2D eigenvalue weighted by Crippen LogP contribution is -2.33. The van der Waals surface area contributed by atoms with E-state index in [4.69, 9.17) is 5.84 Å². The van der Waals surface area contributed by atoms with E-state index in [9.17, 15) is 8.42 Å². The highest BCUT2D eigenvalue weighted by Gasteiger charge is 2.31. The number of hydrazine groups is 1. The van der Waals surface area contributed by atoms with E-state index in [0.29, 0.717) is 18.2 Å². The van der Waals surface area contributed by atoms with Crippen LogP contribution in [0.3, 0.4) is 0 Å². The lowest BCUT2D eigenvalue weighted by molar-refractivity contribution is 0.600. The van der Waals surface area contributed by atoms with Crippen LogP contribution in [0.15, 0.2) is 12.3 Å². The summed E-state index contributed by atoms with van der Waals surface area (Å²) in [5.74, 6) is 6.63. The van der Waals surface area contributed by atoms with Crippen LogP contribution in [0.25, 0.3) is 0 Å². The average molecular weight is 257 g/mol. The van der Waals surface area contributed by atoms with Crippen molar-refractivity contribution in [2.75, 3.05) is 28.9 Å². The van der Waals surface area contributed by atoms with Crippen molar-refractivity contribution in [3.05, 3.63) is 12.3 Å². The Balaban J connectivity index is 2.17. The Morgan fingerprint density at radius 1 is 1.59 bits per heavy atom. The number of nitrogens with one attached hydrogen (secondary N) is 1. The Hall–Kier alpha value is -1.41. The van der Waals surface area contributed by atoms with Crippen molar-refractivity contribution in [2.24, 2.45) is 5.84 Å². The summed E-state index contributed by atoms with van der Waals surface area (Å²) in [5, 5.41) is 0. The predicted molar refractivity (Wildman–Crippen MR) is 65.3 cm³/mol. The summed E-state index contributed by atoms with van der Waals surface area (Å²) in [5.41, 5.74) is 2.36. The summed E-state index contributed by atoms with van der Waals surface area (Å²) in [4.78, 5) is 9.92. The van der Waals surface area contributed by atoms with Crippen LogP contribution in [0.4, 0.5) is 11.8 Å². The third-order valence-corrected chi connectivity index (χ3v) is 4.64. The maximum Gasteiger partial charge on any atom is 0.239 e. The highest BCUT2D eigenvalue weighted by atomic mass is 32.2. The lowest BCUT2D eigenvalue weighted by atomic mass is 10.2. The SMILES string of the molecule is CN(c1ccnc(NN)n1)C1CCS(=O)(=O)C1. The zero-order valence-corrected chi connectivity index (χ0v) is 10.3. The first kappa shape index (κ1) is 12.1. The Morgan fingerprint density at radius 3 is 2.94 bits per heavy atom. The molecule has 3 N–H and O–H groups in total. The molecule has 1 saturated heterocycles. The van der Waals surface area contributed by atoms with Gasteiger partial charge in [-0.15, -0.1) is 0 Å². The first-order valence-corrected chi connectivity index (χ1v) is 7.07. The molecule has 1 aliphatic heterocycles. The molecule has 0 saturated carbocycles. The van der Waals surface area contributed by atoms with Gasteiger partial charge >= 0.3 is 0 Å². The number of anilines is 2. The molecular weight excluding hydrogens is 242 g/mol. The number of rotatable bonds is 3. The number of aromatic nitrogens is 2. The first-order chi connectivity index (χ1) is 8.02. The van der Waals surface area contributed by atoms with Gasteiger partial charge in [0.25, 0.3) is 0 Å². The second-order valence-corrected chi connectivity index (χ2v) is 6.28. The zero-order valence-electron chi connectivity index (χ0n) is 9.50. The summed E-state index contributed by atoms with van der Waals surface area (Å²) in [7, 11) is -1.06. The van der Waals surface area contributed by atoms with E-state index in [1.54, 1.807) is 12.3 Å². The summed E-state index contributed by atoms with van der Waals surface area (Å²) in [6.45, 7) is 0. The van der Waals surface area contributed by atoms with E-state index in [0.717, 1.165) is 0 Å². The summed E-state index contributed by atoms with van der Waals surface area (Å²) in [6, 6.07) is 1.70. The van der Waals surface area contributed by atoms with E-state index in [1.807, 2.05) is 11.9 Å². The maximum atomic E-state index is 11.4. The van der Waals surface area contributed by atoms with Crippen LogP contribution >= 0.6 is 0 Å². The van der Waals surface area contributed by atoms with Crippen LogP contribution in [-0.4, -0.2) is 43.0 Å². The summed E-state index contributed by atoms with van der Waals surface area (Å²) in [6.07, 6.45) is 2.21. The van der Waals surface area contributed by atoms with Gasteiger partial charge in [0.15, 0.2) is 9.84 Å².